The van der Waals surface area contributed by atoms with Gasteiger partial charge in [0.1, 0.15) is 11.2 Å². The van der Waals surface area contributed by atoms with Gasteiger partial charge in [-0.3, -0.25) is 0 Å². The molecule has 1 aromatic heterocycles. The Hall–Kier alpha value is -2.38. The Balaban J connectivity index is 0.000000292. The average molecular weight is 211 g/mol. The Morgan fingerprint density at radius 1 is 0.875 bits per heavy atom. The molecule has 3 aromatic rings. The molecule has 1 N–H and O–H groups in total. The summed E-state index contributed by atoms with van der Waals surface area (Å²) >= 11 is 0. The van der Waals surface area contributed by atoms with Crippen molar-refractivity contribution in [1.82, 2.24) is 0 Å². The topological polar surface area (TPSA) is 54.1 Å². The van der Waals surface area contributed by atoms with E-state index in [-0.39, 0.29) is 0 Å². The lowest BCUT2D eigenvalue weighted by Gasteiger charge is -1.85. The van der Waals surface area contributed by atoms with Crippen molar-refractivity contribution in [2.45, 2.75) is 0 Å². The van der Waals surface area contributed by atoms with E-state index in [0.29, 0.717) is 0 Å². The molecule has 0 aliphatic carbocycles. The van der Waals surface area contributed by atoms with Gasteiger partial charge in [0.15, 0.2) is 0 Å². The first-order valence-corrected chi connectivity index (χ1v) is 4.77. The molecule has 2 aromatic carbocycles. The van der Waals surface area contributed by atoms with Crippen molar-refractivity contribution >= 4 is 28.0 Å². The van der Waals surface area contributed by atoms with Crippen molar-refractivity contribution in [2.24, 2.45) is 0 Å². The summed E-state index contributed by atoms with van der Waals surface area (Å²) in [5, 5.41) is 7.79. The number of para-hydroxylation sites is 2. The lowest BCUT2D eigenvalue weighted by atomic mass is 10.2. The first kappa shape index (κ1) is 10.1. The number of rotatable bonds is 0. The van der Waals surface area contributed by atoms with Gasteiger partial charge in [-0.05, 0) is 12.1 Å². The number of hydrogen-bond donors (Lipinski definition) is 1. The standard InChI is InChI=1S/C12H8O.CHNO/c1-3-7-11-9(5-1)10-6-2-4-8-12(10)13-11;2-1-3/h1-8H;2H. The first-order valence-electron chi connectivity index (χ1n) is 4.77. The fraction of sp³-hybridized carbons (Fsp3) is 0. The molecule has 0 aliphatic rings. The Morgan fingerprint density at radius 2 is 1.25 bits per heavy atom. The van der Waals surface area contributed by atoms with Crippen LogP contribution in [0.1, 0.15) is 0 Å². The van der Waals surface area contributed by atoms with Crippen LogP contribution in [0, 0.1) is 5.41 Å². The van der Waals surface area contributed by atoms with Crippen molar-refractivity contribution in [2.75, 3.05) is 0 Å². The van der Waals surface area contributed by atoms with Gasteiger partial charge in [0.05, 0.1) is 0 Å². The van der Waals surface area contributed by atoms with E-state index in [0.717, 1.165) is 17.2 Å². The maximum absolute atomic E-state index is 8.35. The predicted molar refractivity (Wildman–Crippen MR) is 62.1 cm³/mol. The van der Waals surface area contributed by atoms with Gasteiger partial charge in [-0.15, -0.1) is 0 Å². The molecule has 3 heteroatoms. The van der Waals surface area contributed by atoms with E-state index in [2.05, 4.69) is 12.1 Å². The second-order valence-corrected chi connectivity index (χ2v) is 3.20. The number of isocyanates is 1. The second kappa shape index (κ2) is 4.43. The molecule has 78 valence electrons. The van der Waals surface area contributed by atoms with E-state index in [1.807, 2.05) is 36.4 Å². The summed E-state index contributed by atoms with van der Waals surface area (Å²) in [5.74, 6) is 0. The fourth-order valence-corrected chi connectivity index (χ4v) is 1.67. The molecule has 0 saturated carbocycles. The molecule has 0 amide bonds. The average Bonchev–Trinajstić information content (AvgIpc) is 2.68. The molecular weight excluding hydrogens is 202 g/mol. The van der Waals surface area contributed by atoms with E-state index < -0.39 is 0 Å². The van der Waals surface area contributed by atoms with E-state index in [1.165, 1.54) is 10.8 Å². The summed E-state index contributed by atoms with van der Waals surface area (Å²) in [6, 6.07) is 16.2. The van der Waals surface area contributed by atoms with E-state index in [1.54, 1.807) is 0 Å². The molecule has 0 bridgehead atoms. The monoisotopic (exact) mass is 211 g/mol. The van der Waals surface area contributed by atoms with Gasteiger partial charge in [-0.25, -0.2) is 10.2 Å². The summed E-state index contributed by atoms with van der Waals surface area (Å²) < 4.78 is 5.65. The summed E-state index contributed by atoms with van der Waals surface area (Å²) in [5.41, 5.74) is 1.92. The van der Waals surface area contributed by atoms with Crippen LogP contribution in [0.3, 0.4) is 0 Å². The number of fused-ring (bicyclic) bond motifs is 3. The van der Waals surface area contributed by atoms with Gasteiger partial charge in [0.25, 0.3) is 0 Å². The van der Waals surface area contributed by atoms with Crippen LogP contribution in [0.4, 0.5) is 0 Å². The number of nitrogens with one attached hydrogen (secondary N) is 1. The molecule has 0 atom stereocenters. The highest BCUT2D eigenvalue weighted by atomic mass is 16.3. The van der Waals surface area contributed by atoms with Crippen molar-refractivity contribution in [3.63, 3.8) is 0 Å². The first-order chi connectivity index (χ1) is 7.86. The third-order valence-electron chi connectivity index (χ3n) is 2.28. The minimum absolute atomic E-state index is 0.750. The van der Waals surface area contributed by atoms with E-state index in [9.17, 15) is 0 Å². The van der Waals surface area contributed by atoms with Crippen molar-refractivity contribution < 1.29 is 9.21 Å². The van der Waals surface area contributed by atoms with Crippen molar-refractivity contribution in [3.05, 3.63) is 48.5 Å². The van der Waals surface area contributed by atoms with Gasteiger partial charge in [-0.1, -0.05) is 36.4 Å². The van der Waals surface area contributed by atoms with Crippen LogP contribution in [0.15, 0.2) is 52.9 Å². The molecule has 3 nitrogen and oxygen atoms in total. The van der Waals surface area contributed by atoms with Crippen LogP contribution in [0.25, 0.3) is 21.9 Å². The van der Waals surface area contributed by atoms with E-state index >= 15 is 0 Å². The lowest BCUT2D eigenvalue weighted by molar-refractivity contribution is 0.563. The highest BCUT2D eigenvalue weighted by Gasteiger charge is 2.03. The number of benzene rings is 2. The smallest absolute Gasteiger partial charge is 0.231 e. The quantitative estimate of drug-likeness (QED) is 0.457. The van der Waals surface area contributed by atoms with E-state index in [4.69, 9.17) is 14.6 Å². The Kier molecular flexibility index (Phi) is 2.81. The molecule has 0 unspecified atom stereocenters. The maximum Gasteiger partial charge on any atom is 0.231 e. The second-order valence-electron chi connectivity index (χ2n) is 3.20. The predicted octanol–water partition coefficient (Wildman–Crippen LogP) is 3.49. The Labute approximate surface area is 91.8 Å². The highest BCUT2D eigenvalue weighted by molar-refractivity contribution is 6.04. The van der Waals surface area contributed by atoms with Gasteiger partial charge in [0.2, 0.25) is 6.08 Å². The number of hydrogen-bond acceptors (Lipinski definition) is 3. The summed E-state index contributed by atoms with van der Waals surface area (Å²) in [7, 11) is 0. The van der Waals surface area contributed by atoms with Crippen molar-refractivity contribution in [3.8, 4) is 0 Å². The SMILES string of the molecule is N=C=O.c1ccc2c(c1)oc1ccccc12. The van der Waals surface area contributed by atoms with Crippen LogP contribution >= 0.6 is 0 Å². The van der Waals surface area contributed by atoms with Crippen molar-refractivity contribution in [1.29, 1.82) is 5.41 Å². The largest absolute Gasteiger partial charge is 0.456 e. The zero-order valence-corrected chi connectivity index (χ0v) is 8.44. The minimum Gasteiger partial charge on any atom is -0.456 e. The van der Waals surface area contributed by atoms with Gasteiger partial charge in [0, 0.05) is 10.8 Å². The molecule has 0 radical (unpaired) electrons. The molecule has 16 heavy (non-hydrogen) atoms. The summed E-state index contributed by atoms with van der Waals surface area (Å²) in [6.07, 6.45) is 0.750. The Bertz CT molecular complexity index is 599. The normalized spacial score (nSPS) is 9.50. The fourth-order valence-electron chi connectivity index (χ4n) is 1.67. The third kappa shape index (κ3) is 1.72. The van der Waals surface area contributed by atoms with Gasteiger partial charge < -0.3 is 4.42 Å². The molecule has 0 aliphatic heterocycles. The third-order valence-corrected chi connectivity index (χ3v) is 2.28. The van der Waals surface area contributed by atoms with Crippen LogP contribution in [-0.4, -0.2) is 6.08 Å². The highest BCUT2D eigenvalue weighted by Crippen LogP contribution is 2.27. The van der Waals surface area contributed by atoms with Crippen LogP contribution in [-0.2, 0) is 4.79 Å². The molecule has 3 rings (SSSR count). The van der Waals surface area contributed by atoms with Crippen LogP contribution in [0.5, 0.6) is 0 Å². The molecule has 0 spiro atoms. The number of furan rings is 1. The summed E-state index contributed by atoms with van der Waals surface area (Å²) in [4.78, 5) is 8.35. The zero-order chi connectivity index (χ0) is 11.4. The molecule has 0 saturated heterocycles. The Morgan fingerprint density at radius 3 is 1.69 bits per heavy atom. The van der Waals surface area contributed by atoms with Gasteiger partial charge in [-0.2, -0.15) is 0 Å². The van der Waals surface area contributed by atoms with Gasteiger partial charge >= 0.3 is 0 Å². The minimum atomic E-state index is 0.750. The molecule has 1 heterocycles. The maximum atomic E-state index is 8.35. The van der Waals surface area contributed by atoms with Crippen LogP contribution < -0.4 is 0 Å². The summed E-state index contributed by atoms with van der Waals surface area (Å²) in [6.45, 7) is 0. The lowest BCUT2D eigenvalue weighted by Crippen LogP contribution is -1.62. The molecular formula is C13H9NO2. The van der Waals surface area contributed by atoms with Crippen LogP contribution in [0.2, 0.25) is 0 Å². The molecule has 0 fully saturated rings. The zero-order valence-electron chi connectivity index (χ0n) is 8.44. The number of carbonyl (C=O) groups excluding carboxylic acids is 1.